The van der Waals surface area contributed by atoms with E-state index in [-0.39, 0.29) is 35.9 Å². The molecule has 148 valence electrons. The number of hydrogen-bond acceptors (Lipinski definition) is 3. The van der Waals surface area contributed by atoms with Gasteiger partial charge in [0.05, 0.1) is 6.04 Å². The Morgan fingerprint density at radius 2 is 1.77 bits per heavy atom. The van der Waals surface area contributed by atoms with Crippen LogP contribution in [0.4, 0.5) is 4.79 Å². The Kier molecular flexibility index (Phi) is 11.3. The van der Waals surface area contributed by atoms with E-state index in [0.717, 1.165) is 0 Å². The zero-order valence-electron chi connectivity index (χ0n) is 16.6. The molecule has 0 radical (unpaired) electrons. The van der Waals surface area contributed by atoms with Crippen molar-refractivity contribution in [2.45, 2.75) is 52.8 Å². The second-order valence-corrected chi connectivity index (χ2v) is 7.29. The summed E-state index contributed by atoms with van der Waals surface area (Å²) in [6.07, 6.45) is -0.403. The number of alkyl carbamates (subject to hydrolysis) is 1. The summed E-state index contributed by atoms with van der Waals surface area (Å²) in [7, 11) is 1.73. The van der Waals surface area contributed by atoms with Crippen LogP contribution in [0.3, 0.4) is 0 Å². The van der Waals surface area contributed by atoms with Crippen molar-refractivity contribution in [3.05, 3.63) is 35.9 Å². The summed E-state index contributed by atoms with van der Waals surface area (Å²) in [6, 6.07) is 10.1. The van der Waals surface area contributed by atoms with Crippen molar-refractivity contribution in [3.8, 4) is 0 Å². The van der Waals surface area contributed by atoms with Gasteiger partial charge in [0.25, 0.3) is 0 Å². The predicted molar refractivity (Wildman–Crippen MR) is 118 cm³/mol. The molecule has 0 saturated heterocycles. The summed E-state index contributed by atoms with van der Waals surface area (Å²) >= 11 is 0. The average molecular weight is 476 g/mol. The van der Waals surface area contributed by atoms with Crippen LogP contribution in [-0.2, 0) is 11.3 Å². The fourth-order valence-corrected chi connectivity index (χ4v) is 2.12. The number of carbonyl (C=O) groups is 1. The van der Waals surface area contributed by atoms with E-state index in [4.69, 9.17) is 4.74 Å². The summed E-state index contributed by atoms with van der Waals surface area (Å²) in [5, 5.41) is 9.44. The van der Waals surface area contributed by atoms with Gasteiger partial charge in [-0.3, -0.25) is 4.99 Å². The maximum atomic E-state index is 12.0. The van der Waals surface area contributed by atoms with Gasteiger partial charge in [-0.25, -0.2) is 4.79 Å². The average Bonchev–Trinajstić information content (AvgIpc) is 2.52. The maximum Gasteiger partial charge on any atom is 0.407 e. The molecule has 0 aliphatic heterocycles. The molecule has 6 nitrogen and oxygen atoms in total. The molecule has 0 aliphatic carbocycles. The molecule has 0 heterocycles. The summed E-state index contributed by atoms with van der Waals surface area (Å²) in [4.78, 5) is 16.2. The Morgan fingerprint density at radius 3 is 2.27 bits per heavy atom. The lowest BCUT2D eigenvalue weighted by atomic mass is 10.0. The van der Waals surface area contributed by atoms with E-state index in [2.05, 4.69) is 46.9 Å². The molecule has 0 aliphatic rings. The highest BCUT2D eigenvalue weighted by molar-refractivity contribution is 14.0. The van der Waals surface area contributed by atoms with Gasteiger partial charge >= 0.3 is 6.09 Å². The topological polar surface area (TPSA) is 74.8 Å². The van der Waals surface area contributed by atoms with Crippen molar-refractivity contribution in [3.63, 3.8) is 0 Å². The Labute approximate surface area is 174 Å². The van der Waals surface area contributed by atoms with Crippen LogP contribution in [0.5, 0.6) is 0 Å². The predicted octanol–water partition coefficient (Wildman–Crippen LogP) is 3.52. The van der Waals surface area contributed by atoms with Crippen LogP contribution in [0.25, 0.3) is 0 Å². The van der Waals surface area contributed by atoms with Gasteiger partial charge in [0.15, 0.2) is 5.96 Å². The van der Waals surface area contributed by atoms with Gasteiger partial charge in [-0.2, -0.15) is 0 Å². The molecule has 0 spiro atoms. The van der Waals surface area contributed by atoms with Crippen LogP contribution < -0.4 is 16.0 Å². The number of amides is 1. The summed E-state index contributed by atoms with van der Waals surface area (Å²) < 4.78 is 5.33. The number of nitrogens with zero attached hydrogens (tertiary/aromatic N) is 1. The minimum Gasteiger partial charge on any atom is -0.444 e. The molecule has 1 aromatic carbocycles. The SMILES string of the molecule is CN=C(NCc1ccccc1)NCC(NC(=O)OC(C)(C)C)C(C)C.I. The molecule has 1 atom stereocenters. The van der Waals surface area contributed by atoms with Gasteiger partial charge in [0, 0.05) is 20.1 Å². The first-order valence-electron chi connectivity index (χ1n) is 8.69. The largest absolute Gasteiger partial charge is 0.444 e. The number of rotatable bonds is 6. The van der Waals surface area contributed by atoms with E-state index in [1.165, 1.54) is 5.56 Å². The Bertz CT molecular complexity index is 556. The lowest BCUT2D eigenvalue weighted by Gasteiger charge is -2.26. The first-order valence-corrected chi connectivity index (χ1v) is 8.69. The molecule has 1 rings (SSSR count). The zero-order chi connectivity index (χ0) is 18.9. The smallest absolute Gasteiger partial charge is 0.407 e. The second-order valence-electron chi connectivity index (χ2n) is 7.29. The number of carbonyl (C=O) groups excluding carboxylic acids is 1. The molecular weight excluding hydrogens is 443 g/mol. The molecular formula is C19H33IN4O2. The summed E-state index contributed by atoms with van der Waals surface area (Å²) in [5.74, 6) is 0.952. The molecule has 1 unspecified atom stereocenters. The minimum absolute atomic E-state index is 0. The van der Waals surface area contributed by atoms with Crippen LogP contribution in [0.2, 0.25) is 0 Å². The van der Waals surface area contributed by atoms with Gasteiger partial charge in [-0.15, -0.1) is 24.0 Å². The van der Waals surface area contributed by atoms with E-state index in [0.29, 0.717) is 19.0 Å². The number of ether oxygens (including phenoxy) is 1. The number of hydrogen-bond donors (Lipinski definition) is 3. The number of guanidine groups is 1. The third kappa shape index (κ3) is 10.5. The normalized spacial score (nSPS) is 12.8. The van der Waals surface area contributed by atoms with E-state index in [1.54, 1.807) is 7.05 Å². The van der Waals surface area contributed by atoms with Crippen molar-refractivity contribution in [2.24, 2.45) is 10.9 Å². The minimum atomic E-state index is -0.508. The first kappa shape index (κ1) is 24.5. The summed E-state index contributed by atoms with van der Waals surface area (Å²) in [6.45, 7) is 10.9. The third-order valence-electron chi connectivity index (χ3n) is 3.52. The molecule has 0 saturated carbocycles. The van der Waals surface area contributed by atoms with E-state index >= 15 is 0 Å². The fourth-order valence-electron chi connectivity index (χ4n) is 2.12. The van der Waals surface area contributed by atoms with E-state index in [9.17, 15) is 4.79 Å². The number of halogens is 1. The highest BCUT2D eigenvalue weighted by atomic mass is 127. The number of benzene rings is 1. The maximum absolute atomic E-state index is 12.0. The van der Waals surface area contributed by atoms with Gasteiger partial charge in [-0.1, -0.05) is 44.2 Å². The van der Waals surface area contributed by atoms with E-state index in [1.807, 2.05) is 39.0 Å². The highest BCUT2D eigenvalue weighted by Gasteiger charge is 2.21. The van der Waals surface area contributed by atoms with Crippen molar-refractivity contribution >= 4 is 36.0 Å². The van der Waals surface area contributed by atoms with Crippen LogP contribution in [0, 0.1) is 5.92 Å². The molecule has 1 aromatic rings. The second kappa shape index (κ2) is 12.0. The Morgan fingerprint density at radius 1 is 1.15 bits per heavy atom. The Balaban J connectivity index is 0.00000625. The van der Waals surface area contributed by atoms with E-state index < -0.39 is 11.7 Å². The standard InChI is InChI=1S/C19H32N4O2.HI/c1-14(2)16(23-18(24)25-19(3,4)5)13-22-17(20-6)21-12-15-10-8-7-9-11-15;/h7-11,14,16H,12-13H2,1-6H3,(H,23,24)(H2,20,21,22);1H. The lowest BCUT2D eigenvalue weighted by molar-refractivity contribution is 0.0491. The van der Waals surface area contributed by atoms with Gasteiger partial charge < -0.3 is 20.7 Å². The van der Waals surface area contributed by atoms with Crippen molar-refractivity contribution < 1.29 is 9.53 Å². The molecule has 0 bridgehead atoms. The van der Waals surface area contributed by atoms with Crippen molar-refractivity contribution in [2.75, 3.05) is 13.6 Å². The van der Waals surface area contributed by atoms with Crippen LogP contribution in [0.1, 0.15) is 40.2 Å². The van der Waals surface area contributed by atoms with Crippen molar-refractivity contribution in [1.82, 2.24) is 16.0 Å². The van der Waals surface area contributed by atoms with Crippen LogP contribution in [0.15, 0.2) is 35.3 Å². The molecule has 1 amide bonds. The van der Waals surface area contributed by atoms with Crippen LogP contribution in [-0.4, -0.2) is 37.3 Å². The lowest BCUT2D eigenvalue weighted by Crippen LogP contribution is -2.50. The first-order chi connectivity index (χ1) is 11.7. The Hall–Kier alpha value is -1.51. The highest BCUT2D eigenvalue weighted by Crippen LogP contribution is 2.08. The molecule has 0 fully saturated rings. The fraction of sp³-hybridized carbons (Fsp3) is 0.579. The van der Waals surface area contributed by atoms with Crippen molar-refractivity contribution in [1.29, 1.82) is 0 Å². The summed E-state index contributed by atoms with van der Waals surface area (Å²) in [5.41, 5.74) is 0.671. The van der Waals surface area contributed by atoms with Gasteiger partial charge in [-0.05, 0) is 32.3 Å². The number of nitrogens with one attached hydrogen (secondary N) is 3. The zero-order valence-corrected chi connectivity index (χ0v) is 19.0. The number of aliphatic imine (C=N–C) groups is 1. The molecule has 7 heteroatoms. The van der Waals surface area contributed by atoms with Crippen LogP contribution >= 0.6 is 24.0 Å². The van der Waals surface area contributed by atoms with Gasteiger partial charge in [0.1, 0.15) is 5.60 Å². The third-order valence-corrected chi connectivity index (χ3v) is 3.52. The monoisotopic (exact) mass is 476 g/mol. The molecule has 3 N–H and O–H groups in total. The molecule has 0 aromatic heterocycles. The molecule has 26 heavy (non-hydrogen) atoms. The van der Waals surface area contributed by atoms with Gasteiger partial charge in [0.2, 0.25) is 0 Å². The quantitative estimate of drug-likeness (QED) is 0.334.